The van der Waals surface area contributed by atoms with Crippen molar-refractivity contribution < 1.29 is 14.7 Å². The summed E-state index contributed by atoms with van der Waals surface area (Å²) in [6, 6.07) is 9.93. The van der Waals surface area contributed by atoms with E-state index in [1.165, 1.54) is 0 Å². The van der Waals surface area contributed by atoms with Gasteiger partial charge in [-0.1, -0.05) is 30.3 Å². The van der Waals surface area contributed by atoms with E-state index in [4.69, 9.17) is 0 Å². The molecule has 2 aliphatic carbocycles. The summed E-state index contributed by atoms with van der Waals surface area (Å²) in [6.07, 6.45) is 2.59. The average molecular weight is 273 g/mol. The quantitative estimate of drug-likeness (QED) is 0.864. The molecule has 0 aromatic heterocycles. The first kappa shape index (κ1) is 13.2. The van der Waals surface area contributed by atoms with Crippen LogP contribution in [-0.4, -0.2) is 22.5 Å². The molecule has 1 aromatic rings. The first-order valence-corrected chi connectivity index (χ1v) is 7.12. The first-order valence-electron chi connectivity index (χ1n) is 7.12. The molecule has 0 saturated heterocycles. The van der Waals surface area contributed by atoms with Crippen LogP contribution in [0.2, 0.25) is 0 Å². The van der Waals surface area contributed by atoms with Crippen molar-refractivity contribution in [3.8, 4) is 0 Å². The highest BCUT2D eigenvalue weighted by Crippen LogP contribution is 2.48. The Kier molecular flexibility index (Phi) is 3.04. The normalized spacial score (nSPS) is 27.4. The predicted octanol–water partition coefficient (Wildman–Crippen LogP) is 2.16. The van der Waals surface area contributed by atoms with Crippen LogP contribution < -0.4 is 5.32 Å². The fourth-order valence-corrected chi connectivity index (χ4v) is 2.89. The Bertz CT molecular complexity index is 538. The second-order valence-electron chi connectivity index (χ2n) is 6.13. The highest BCUT2D eigenvalue weighted by molar-refractivity contribution is 5.90. The standard InChI is InChI=1S/C16H19NO3/c1-16(15(19)20,11-7-8-11)17-14(18)13-9-12(13)10-5-3-2-4-6-10/h2-6,11-13H,7-9H2,1H3,(H,17,18)(H,19,20). The van der Waals surface area contributed by atoms with Gasteiger partial charge in [0, 0.05) is 5.92 Å². The van der Waals surface area contributed by atoms with Crippen molar-refractivity contribution in [1.29, 1.82) is 0 Å². The van der Waals surface area contributed by atoms with Crippen LogP contribution in [-0.2, 0) is 9.59 Å². The minimum atomic E-state index is -1.10. The molecular formula is C16H19NO3. The maximum absolute atomic E-state index is 12.3. The summed E-state index contributed by atoms with van der Waals surface area (Å²) in [7, 11) is 0. The van der Waals surface area contributed by atoms with Crippen LogP contribution in [0.4, 0.5) is 0 Å². The molecule has 0 aliphatic heterocycles. The Morgan fingerprint density at radius 3 is 2.45 bits per heavy atom. The predicted molar refractivity (Wildman–Crippen MR) is 74.2 cm³/mol. The molecule has 3 atom stereocenters. The number of rotatable bonds is 5. The van der Waals surface area contributed by atoms with Crippen molar-refractivity contribution in [2.24, 2.45) is 11.8 Å². The fourth-order valence-electron chi connectivity index (χ4n) is 2.89. The number of carboxylic acid groups (broad SMARTS) is 1. The molecule has 2 N–H and O–H groups in total. The number of nitrogens with one attached hydrogen (secondary N) is 1. The Morgan fingerprint density at radius 2 is 1.90 bits per heavy atom. The van der Waals surface area contributed by atoms with Crippen molar-refractivity contribution in [3.05, 3.63) is 35.9 Å². The SMILES string of the molecule is CC(NC(=O)C1CC1c1ccccc1)(C(=O)O)C1CC1. The minimum Gasteiger partial charge on any atom is -0.480 e. The number of carbonyl (C=O) groups is 2. The molecule has 0 radical (unpaired) electrons. The lowest BCUT2D eigenvalue weighted by Gasteiger charge is -2.26. The van der Waals surface area contributed by atoms with E-state index in [9.17, 15) is 14.7 Å². The van der Waals surface area contributed by atoms with Crippen LogP contribution in [0.1, 0.15) is 37.7 Å². The smallest absolute Gasteiger partial charge is 0.329 e. The van der Waals surface area contributed by atoms with Gasteiger partial charge in [-0.05, 0) is 43.6 Å². The van der Waals surface area contributed by atoms with E-state index < -0.39 is 11.5 Å². The molecule has 4 nitrogen and oxygen atoms in total. The number of aliphatic carboxylic acids is 1. The third kappa shape index (κ3) is 2.30. The first-order chi connectivity index (χ1) is 9.52. The third-order valence-corrected chi connectivity index (χ3v) is 4.58. The van der Waals surface area contributed by atoms with Gasteiger partial charge in [-0.3, -0.25) is 4.79 Å². The topological polar surface area (TPSA) is 66.4 Å². The summed E-state index contributed by atoms with van der Waals surface area (Å²) in [4.78, 5) is 23.7. The molecule has 4 heteroatoms. The van der Waals surface area contributed by atoms with Crippen molar-refractivity contribution in [2.75, 3.05) is 0 Å². The molecule has 2 fully saturated rings. The molecule has 0 bridgehead atoms. The minimum absolute atomic E-state index is 0.0742. The van der Waals surface area contributed by atoms with Crippen LogP contribution in [0.25, 0.3) is 0 Å². The molecule has 20 heavy (non-hydrogen) atoms. The molecular weight excluding hydrogens is 254 g/mol. The van der Waals surface area contributed by atoms with Gasteiger partial charge in [0.15, 0.2) is 0 Å². The van der Waals surface area contributed by atoms with Gasteiger partial charge in [0.05, 0.1) is 0 Å². The Morgan fingerprint density at radius 1 is 1.25 bits per heavy atom. The summed E-state index contributed by atoms with van der Waals surface area (Å²) in [5.41, 5.74) is 0.0667. The monoisotopic (exact) mass is 273 g/mol. The summed E-state index contributed by atoms with van der Waals surface area (Å²) >= 11 is 0. The largest absolute Gasteiger partial charge is 0.480 e. The van der Waals surface area contributed by atoms with E-state index in [0.717, 1.165) is 24.8 Å². The maximum Gasteiger partial charge on any atom is 0.329 e. The fraction of sp³-hybridized carbons (Fsp3) is 0.500. The Balaban J connectivity index is 1.65. The van der Waals surface area contributed by atoms with E-state index in [0.29, 0.717) is 0 Å². The van der Waals surface area contributed by atoms with Gasteiger partial charge in [-0.15, -0.1) is 0 Å². The zero-order valence-corrected chi connectivity index (χ0v) is 11.5. The van der Waals surface area contributed by atoms with Crippen molar-refractivity contribution in [3.63, 3.8) is 0 Å². The summed E-state index contributed by atoms with van der Waals surface area (Å²) in [5.74, 6) is -0.790. The second-order valence-corrected chi connectivity index (χ2v) is 6.13. The number of carbonyl (C=O) groups excluding carboxylic acids is 1. The van der Waals surface area contributed by atoms with Crippen LogP contribution in [0.5, 0.6) is 0 Å². The van der Waals surface area contributed by atoms with Crippen molar-refractivity contribution in [1.82, 2.24) is 5.32 Å². The zero-order chi connectivity index (χ0) is 14.3. The lowest BCUT2D eigenvalue weighted by atomic mass is 9.95. The molecule has 1 aromatic carbocycles. The van der Waals surface area contributed by atoms with Crippen molar-refractivity contribution >= 4 is 11.9 Å². The zero-order valence-electron chi connectivity index (χ0n) is 11.5. The van der Waals surface area contributed by atoms with Crippen LogP contribution in [0, 0.1) is 11.8 Å². The van der Waals surface area contributed by atoms with E-state index in [1.54, 1.807) is 6.92 Å². The van der Waals surface area contributed by atoms with Gasteiger partial charge in [0.2, 0.25) is 5.91 Å². The van der Waals surface area contributed by atoms with Gasteiger partial charge in [-0.2, -0.15) is 0 Å². The number of hydrogen-bond donors (Lipinski definition) is 2. The number of hydrogen-bond acceptors (Lipinski definition) is 2. The highest BCUT2D eigenvalue weighted by atomic mass is 16.4. The van der Waals surface area contributed by atoms with Gasteiger partial charge < -0.3 is 10.4 Å². The third-order valence-electron chi connectivity index (χ3n) is 4.58. The molecule has 2 saturated carbocycles. The van der Waals surface area contributed by atoms with Gasteiger partial charge >= 0.3 is 5.97 Å². The lowest BCUT2D eigenvalue weighted by Crippen LogP contribution is -2.54. The van der Waals surface area contributed by atoms with Crippen LogP contribution in [0.15, 0.2) is 30.3 Å². The second kappa shape index (κ2) is 4.62. The molecule has 3 unspecified atom stereocenters. The van der Waals surface area contributed by atoms with Gasteiger partial charge in [0.25, 0.3) is 0 Å². The highest BCUT2D eigenvalue weighted by Gasteiger charge is 2.52. The summed E-state index contributed by atoms with van der Waals surface area (Å²) in [5, 5.41) is 12.1. The maximum atomic E-state index is 12.3. The van der Waals surface area contributed by atoms with E-state index in [1.807, 2.05) is 30.3 Å². The summed E-state index contributed by atoms with van der Waals surface area (Å²) < 4.78 is 0. The molecule has 106 valence electrons. The number of carboxylic acids is 1. The molecule has 0 spiro atoms. The molecule has 1 amide bonds. The van der Waals surface area contributed by atoms with E-state index in [-0.39, 0.29) is 23.7 Å². The van der Waals surface area contributed by atoms with Crippen LogP contribution >= 0.6 is 0 Å². The Hall–Kier alpha value is -1.84. The summed E-state index contributed by atoms with van der Waals surface area (Å²) in [6.45, 7) is 1.63. The van der Waals surface area contributed by atoms with Gasteiger partial charge in [0.1, 0.15) is 5.54 Å². The molecule has 0 heterocycles. The number of amides is 1. The van der Waals surface area contributed by atoms with E-state index in [2.05, 4.69) is 5.32 Å². The van der Waals surface area contributed by atoms with E-state index >= 15 is 0 Å². The number of benzene rings is 1. The molecule has 2 aliphatic rings. The Labute approximate surface area is 118 Å². The average Bonchev–Trinajstić information content (AvgIpc) is 3.30. The lowest BCUT2D eigenvalue weighted by molar-refractivity contribution is -0.148. The van der Waals surface area contributed by atoms with Gasteiger partial charge in [-0.25, -0.2) is 4.79 Å². The van der Waals surface area contributed by atoms with Crippen molar-refractivity contribution in [2.45, 2.75) is 37.6 Å². The molecule has 3 rings (SSSR count). The van der Waals surface area contributed by atoms with Crippen LogP contribution in [0.3, 0.4) is 0 Å².